The number of nitrogens with one attached hydrogen (secondary N) is 1. The molecule has 1 aliphatic heterocycles. The van der Waals surface area contributed by atoms with Gasteiger partial charge in [0, 0.05) is 43.9 Å². The highest BCUT2D eigenvalue weighted by Gasteiger charge is 2.18. The van der Waals surface area contributed by atoms with Gasteiger partial charge in [0.1, 0.15) is 11.9 Å². The number of ether oxygens (including phenoxy) is 2. The van der Waals surface area contributed by atoms with Gasteiger partial charge < -0.3 is 19.7 Å². The number of anilines is 2. The van der Waals surface area contributed by atoms with Crippen LogP contribution in [0.5, 0.6) is 0 Å². The number of hydrogen-bond acceptors (Lipinski definition) is 8. The van der Waals surface area contributed by atoms with E-state index in [1.807, 2.05) is 0 Å². The van der Waals surface area contributed by atoms with Crippen LogP contribution in [0.2, 0.25) is 0 Å². The van der Waals surface area contributed by atoms with E-state index >= 15 is 0 Å². The fourth-order valence-electron chi connectivity index (χ4n) is 3.92. The molecule has 1 saturated heterocycles. The second kappa shape index (κ2) is 11.4. The molecule has 0 radical (unpaired) electrons. The third-order valence-electron chi connectivity index (χ3n) is 5.79. The van der Waals surface area contributed by atoms with Crippen molar-refractivity contribution in [3.8, 4) is 17.3 Å². The molecule has 1 aromatic heterocycles. The van der Waals surface area contributed by atoms with E-state index in [1.165, 1.54) is 19.5 Å². The summed E-state index contributed by atoms with van der Waals surface area (Å²) in [4.78, 5) is 34.8. The molecule has 0 bridgehead atoms. The molecule has 9 heteroatoms. The average molecular weight is 486 g/mol. The number of nitriles is 1. The van der Waals surface area contributed by atoms with Crippen molar-refractivity contribution in [1.82, 2.24) is 9.97 Å². The fraction of sp³-hybridized carbons (Fsp3) is 0.296. The van der Waals surface area contributed by atoms with Gasteiger partial charge in [-0.3, -0.25) is 9.59 Å². The van der Waals surface area contributed by atoms with Crippen LogP contribution in [0.4, 0.5) is 11.4 Å². The summed E-state index contributed by atoms with van der Waals surface area (Å²) in [5.41, 5.74) is 4.28. The van der Waals surface area contributed by atoms with Gasteiger partial charge in [0.05, 0.1) is 30.2 Å². The Morgan fingerprint density at radius 1 is 1.17 bits per heavy atom. The highest BCUT2D eigenvalue weighted by atomic mass is 16.5. The predicted octanol–water partition coefficient (Wildman–Crippen LogP) is 3.33. The van der Waals surface area contributed by atoms with Crippen LogP contribution >= 0.6 is 0 Å². The monoisotopic (exact) mass is 485 g/mol. The van der Waals surface area contributed by atoms with E-state index in [4.69, 9.17) is 9.47 Å². The van der Waals surface area contributed by atoms with Gasteiger partial charge in [0.15, 0.2) is 6.10 Å². The smallest absolute Gasteiger partial charge is 0.303 e. The van der Waals surface area contributed by atoms with Crippen LogP contribution < -0.4 is 10.2 Å². The van der Waals surface area contributed by atoms with E-state index < -0.39 is 18.0 Å². The first-order valence-electron chi connectivity index (χ1n) is 11.7. The number of amides is 1. The Balaban J connectivity index is 1.47. The summed E-state index contributed by atoms with van der Waals surface area (Å²) >= 11 is 0. The second-order valence-corrected chi connectivity index (χ2v) is 8.41. The lowest BCUT2D eigenvalue weighted by atomic mass is 10.1. The first-order chi connectivity index (χ1) is 17.4. The van der Waals surface area contributed by atoms with Gasteiger partial charge in [0.2, 0.25) is 0 Å². The quantitative estimate of drug-likeness (QED) is 0.507. The molecule has 1 atom stereocenters. The summed E-state index contributed by atoms with van der Waals surface area (Å²) in [6, 6.07) is 17.3. The molecule has 1 amide bonds. The standard InChI is InChI=1S/C27H27N5O4/c1-18(36-19(2)33)27(34)31-24-8-5-21(16-22(24)17-28)25-9-10-29-26(30-25)15-20-3-6-23(7-4-20)32-11-13-35-14-12-32/h3-10,16,18H,11-15H2,1-2H3,(H,31,34). The SMILES string of the molecule is CC(=O)OC(C)C(=O)Nc1ccc(-c2ccnc(Cc3ccc(N4CCOCC4)cc3)n2)cc1C#N. The zero-order valence-corrected chi connectivity index (χ0v) is 20.2. The van der Waals surface area contributed by atoms with Gasteiger partial charge in [-0.25, -0.2) is 9.97 Å². The highest BCUT2D eigenvalue weighted by Crippen LogP contribution is 2.25. The van der Waals surface area contributed by atoms with Gasteiger partial charge in [-0.15, -0.1) is 0 Å². The average Bonchev–Trinajstić information content (AvgIpc) is 2.89. The van der Waals surface area contributed by atoms with E-state index in [0.717, 1.165) is 37.4 Å². The van der Waals surface area contributed by atoms with Crippen molar-refractivity contribution in [1.29, 1.82) is 5.26 Å². The van der Waals surface area contributed by atoms with E-state index in [9.17, 15) is 14.9 Å². The molecule has 4 rings (SSSR count). The van der Waals surface area contributed by atoms with E-state index in [-0.39, 0.29) is 5.56 Å². The van der Waals surface area contributed by atoms with Crippen LogP contribution in [-0.4, -0.2) is 54.3 Å². The second-order valence-electron chi connectivity index (χ2n) is 8.41. The molecular weight excluding hydrogens is 458 g/mol. The number of aromatic nitrogens is 2. The maximum Gasteiger partial charge on any atom is 0.303 e. The maximum absolute atomic E-state index is 12.3. The van der Waals surface area contributed by atoms with Crippen molar-refractivity contribution in [2.45, 2.75) is 26.4 Å². The van der Waals surface area contributed by atoms with Crippen LogP contribution in [-0.2, 0) is 25.5 Å². The Kier molecular flexibility index (Phi) is 7.88. The van der Waals surface area contributed by atoms with Gasteiger partial charge >= 0.3 is 5.97 Å². The van der Waals surface area contributed by atoms with Crippen molar-refractivity contribution < 1.29 is 19.1 Å². The number of rotatable bonds is 7. The first-order valence-corrected chi connectivity index (χ1v) is 11.7. The molecule has 1 N–H and O–H groups in total. The largest absolute Gasteiger partial charge is 0.453 e. The third kappa shape index (κ3) is 6.23. The van der Waals surface area contributed by atoms with Crippen molar-refractivity contribution >= 4 is 23.3 Å². The van der Waals surface area contributed by atoms with E-state index in [0.29, 0.717) is 23.6 Å². The molecular formula is C27H27N5O4. The summed E-state index contributed by atoms with van der Waals surface area (Å²) in [6.45, 7) is 5.98. The Bertz CT molecular complexity index is 1280. The number of nitrogens with zero attached hydrogens (tertiary/aromatic N) is 4. The Morgan fingerprint density at radius 3 is 2.61 bits per heavy atom. The zero-order chi connectivity index (χ0) is 25.5. The van der Waals surface area contributed by atoms with Crippen LogP contribution in [0.3, 0.4) is 0 Å². The molecule has 9 nitrogen and oxygen atoms in total. The minimum atomic E-state index is -0.971. The summed E-state index contributed by atoms with van der Waals surface area (Å²) < 4.78 is 10.3. The van der Waals surface area contributed by atoms with Crippen LogP contribution in [0.15, 0.2) is 54.7 Å². The summed E-state index contributed by atoms with van der Waals surface area (Å²) in [5, 5.41) is 12.3. The lowest BCUT2D eigenvalue weighted by Gasteiger charge is -2.28. The normalized spacial score (nSPS) is 14.0. The van der Waals surface area contributed by atoms with E-state index in [2.05, 4.69) is 50.5 Å². The molecule has 0 spiro atoms. The minimum absolute atomic E-state index is 0.273. The number of carbonyl (C=O) groups is 2. The van der Waals surface area contributed by atoms with Crippen molar-refractivity contribution in [2.24, 2.45) is 0 Å². The minimum Gasteiger partial charge on any atom is -0.453 e. The molecule has 0 aliphatic carbocycles. The molecule has 2 heterocycles. The molecule has 1 unspecified atom stereocenters. The molecule has 0 saturated carbocycles. The Labute approximate surface area is 209 Å². The Hall–Kier alpha value is -4.29. The number of benzene rings is 2. The lowest BCUT2D eigenvalue weighted by molar-refractivity contribution is -0.150. The van der Waals surface area contributed by atoms with Crippen molar-refractivity contribution in [3.63, 3.8) is 0 Å². The summed E-state index contributed by atoms with van der Waals surface area (Å²) in [5.74, 6) is -0.405. The molecule has 3 aromatic rings. The predicted molar refractivity (Wildman–Crippen MR) is 134 cm³/mol. The maximum atomic E-state index is 12.3. The van der Waals surface area contributed by atoms with Crippen molar-refractivity contribution in [2.75, 3.05) is 36.5 Å². The van der Waals surface area contributed by atoms with Gasteiger partial charge in [0.25, 0.3) is 5.91 Å². The summed E-state index contributed by atoms with van der Waals surface area (Å²) in [7, 11) is 0. The molecule has 1 fully saturated rings. The summed E-state index contributed by atoms with van der Waals surface area (Å²) in [6.07, 6.45) is 1.30. The van der Waals surface area contributed by atoms with E-state index in [1.54, 1.807) is 30.5 Å². The van der Waals surface area contributed by atoms with Crippen LogP contribution in [0, 0.1) is 11.3 Å². The van der Waals surface area contributed by atoms with Gasteiger partial charge in [-0.05, 0) is 42.8 Å². The number of carbonyl (C=O) groups excluding carboxylic acids is 2. The van der Waals surface area contributed by atoms with Gasteiger partial charge in [-0.2, -0.15) is 5.26 Å². The fourth-order valence-corrected chi connectivity index (χ4v) is 3.92. The lowest BCUT2D eigenvalue weighted by Crippen LogP contribution is -2.36. The third-order valence-corrected chi connectivity index (χ3v) is 5.79. The van der Waals surface area contributed by atoms with Crippen LogP contribution in [0.25, 0.3) is 11.3 Å². The molecule has 184 valence electrons. The number of hydrogen-bond donors (Lipinski definition) is 1. The topological polar surface area (TPSA) is 117 Å². The number of esters is 1. The van der Waals surface area contributed by atoms with Crippen molar-refractivity contribution in [3.05, 3.63) is 71.7 Å². The first kappa shape index (κ1) is 24.8. The Morgan fingerprint density at radius 2 is 1.92 bits per heavy atom. The van der Waals surface area contributed by atoms with Crippen LogP contribution in [0.1, 0.15) is 30.8 Å². The molecule has 2 aromatic carbocycles. The number of morpholine rings is 1. The van der Waals surface area contributed by atoms with Gasteiger partial charge in [-0.1, -0.05) is 18.2 Å². The zero-order valence-electron chi connectivity index (χ0n) is 20.2. The molecule has 1 aliphatic rings. The molecule has 36 heavy (non-hydrogen) atoms. The highest BCUT2D eigenvalue weighted by molar-refractivity contribution is 5.96.